The fraction of sp³-hybridized carbons (Fsp3) is 0.125. The van der Waals surface area contributed by atoms with Crippen molar-refractivity contribution >= 4 is 5.65 Å². The molecule has 0 saturated heterocycles. The summed E-state index contributed by atoms with van der Waals surface area (Å²) in [6.07, 6.45) is 0.570. The van der Waals surface area contributed by atoms with Crippen molar-refractivity contribution in [3.05, 3.63) is 36.3 Å². The number of fused-ring (bicyclic) bond motifs is 1. The van der Waals surface area contributed by atoms with Gasteiger partial charge in [0.25, 0.3) is 6.43 Å². The van der Waals surface area contributed by atoms with E-state index < -0.39 is 6.43 Å². The fourth-order valence-electron chi connectivity index (χ4n) is 1.15. The van der Waals surface area contributed by atoms with Crippen LogP contribution in [-0.2, 0) is 0 Å². The second kappa shape index (κ2) is 2.55. The van der Waals surface area contributed by atoms with E-state index in [4.69, 9.17) is 0 Å². The summed E-state index contributed by atoms with van der Waals surface area (Å²) in [7, 11) is 0. The van der Waals surface area contributed by atoms with Gasteiger partial charge in [-0.3, -0.25) is 4.40 Å². The molecule has 0 unspecified atom stereocenters. The van der Waals surface area contributed by atoms with Crippen molar-refractivity contribution in [3.63, 3.8) is 0 Å². The van der Waals surface area contributed by atoms with Gasteiger partial charge >= 0.3 is 0 Å². The van der Waals surface area contributed by atoms with Crippen LogP contribution in [0.25, 0.3) is 5.65 Å². The average molecular weight is 168 g/mol. The van der Waals surface area contributed by atoms with E-state index in [9.17, 15) is 8.78 Å². The van der Waals surface area contributed by atoms with E-state index in [1.54, 1.807) is 12.1 Å². The number of aromatic nitrogens is 2. The zero-order valence-electron chi connectivity index (χ0n) is 6.11. The maximum atomic E-state index is 12.3. The molecule has 0 atom stereocenters. The molecule has 2 heterocycles. The van der Waals surface area contributed by atoms with Gasteiger partial charge in [0, 0.05) is 12.4 Å². The maximum Gasteiger partial charge on any atom is 0.278 e. The molecule has 0 bridgehead atoms. The third kappa shape index (κ3) is 0.958. The SMILES string of the molecule is FC(F)c1cccc2nccn12. The lowest BCUT2D eigenvalue weighted by Crippen LogP contribution is -1.94. The Morgan fingerprint density at radius 1 is 1.33 bits per heavy atom. The van der Waals surface area contributed by atoms with E-state index in [2.05, 4.69) is 4.98 Å². The number of hydrogen-bond donors (Lipinski definition) is 0. The van der Waals surface area contributed by atoms with Gasteiger partial charge in [0.1, 0.15) is 5.65 Å². The molecule has 0 aromatic carbocycles. The molecule has 4 heteroatoms. The summed E-state index contributed by atoms with van der Waals surface area (Å²) in [6.45, 7) is 0. The monoisotopic (exact) mass is 168 g/mol. The molecule has 2 aromatic heterocycles. The van der Waals surface area contributed by atoms with Gasteiger partial charge in [0.15, 0.2) is 0 Å². The molecule has 2 rings (SSSR count). The predicted molar refractivity (Wildman–Crippen MR) is 40.1 cm³/mol. The van der Waals surface area contributed by atoms with Crippen LogP contribution in [-0.4, -0.2) is 9.38 Å². The summed E-state index contributed by atoms with van der Waals surface area (Å²) in [5.41, 5.74) is 0.526. The Labute approximate surface area is 67.5 Å². The van der Waals surface area contributed by atoms with Crippen LogP contribution in [0, 0.1) is 0 Å². The number of pyridine rings is 1. The van der Waals surface area contributed by atoms with Crippen molar-refractivity contribution in [2.45, 2.75) is 6.43 Å². The summed E-state index contributed by atoms with van der Waals surface area (Å²) in [5, 5.41) is 0. The summed E-state index contributed by atoms with van der Waals surface area (Å²) in [4.78, 5) is 3.89. The fourth-order valence-corrected chi connectivity index (χ4v) is 1.15. The zero-order chi connectivity index (χ0) is 8.55. The zero-order valence-corrected chi connectivity index (χ0v) is 6.11. The Bertz CT molecular complexity index is 395. The molecule has 0 spiro atoms. The number of nitrogens with zero attached hydrogens (tertiary/aromatic N) is 2. The minimum absolute atomic E-state index is 0.0231. The van der Waals surface area contributed by atoms with Gasteiger partial charge in [-0.2, -0.15) is 0 Å². The number of halogens is 2. The number of rotatable bonds is 1. The number of imidazole rings is 1. The summed E-state index contributed by atoms with van der Waals surface area (Å²) >= 11 is 0. The van der Waals surface area contributed by atoms with E-state index in [-0.39, 0.29) is 5.69 Å². The van der Waals surface area contributed by atoms with Crippen LogP contribution in [0.15, 0.2) is 30.6 Å². The van der Waals surface area contributed by atoms with E-state index in [0.717, 1.165) is 0 Å². The molecular formula is C8H6F2N2. The Hall–Kier alpha value is -1.45. The normalized spacial score (nSPS) is 11.2. The molecule has 0 amide bonds. The van der Waals surface area contributed by atoms with Crippen molar-refractivity contribution in [1.29, 1.82) is 0 Å². The van der Waals surface area contributed by atoms with Crippen LogP contribution in [0.5, 0.6) is 0 Å². The van der Waals surface area contributed by atoms with Gasteiger partial charge in [0.05, 0.1) is 5.69 Å². The lowest BCUT2D eigenvalue weighted by atomic mass is 10.3. The van der Waals surface area contributed by atoms with Crippen LogP contribution in [0.4, 0.5) is 8.78 Å². The second-order valence-corrected chi connectivity index (χ2v) is 2.41. The van der Waals surface area contributed by atoms with E-state index in [1.807, 2.05) is 0 Å². The van der Waals surface area contributed by atoms with E-state index in [0.29, 0.717) is 5.65 Å². The first-order valence-electron chi connectivity index (χ1n) is 3.49. The molecule has 0 aliphatic rings. The van der Waals surface area contributed by atoms with Gasteiger partial charge in [-0.15, -0.1) is 0 Å². The molecule has 0 aliphatic carbocycles. The lowest BCUT2D eigenvalue weighted by molar-refractivity contribution is 0.144. The van der Waals surface area contributed by atoms with Gasteiger partial charge < -0.3 is 0 Å². The van der Waals surface area contributed by atoms with Crippen LogP contribution < -0.4 is 0 Å². The van der Waals surface area contributed by atoms with Gasteiger partial charge in [-0.1, -0.05) is 6.07 Å². The minimum Gasteiger partial charge on any atom is -0.298 e. The molecule has 0 aliphatic heterocycles. The van der Waals surface area contributed by atoms with E-state index >= 15 is 0 Å². The Kier molecular flexibility index (Phi) is 1.53. The molecule has 2 aromatic rings. The smallest absolute Gasteiger partial charge is 0.278 e. The standard InChI is InChI=1S/C8H6F2N2/c9-8(10)6-2-1-3-7-11-4-5-12(6)7/h1-5,8H. The van der Waals surface area contributed by atoms with Gasteiger partial charge in [0.2, 0.25) is 0 Å². The van der Waals surface area contributed by atoms with Gasteiger partial charge in [-0.25, -0.2) is 13.8 Å². The number of hydrogen-bond acceptors (Lipinski definition) is 1. The van der Waals surface area contributed by atoms with Crippen molar-refractivity contribution in [2.75, 3.05) is 0 Å². The maximum absolute atomic E-state index is 12.3. The molecular weight excluding hydrogens is 162 g/mol. The molecule has 12 heavy (non-hydrogen) atoms. The topological polar surface area (TPSA) is 17.3 Å². The van der Waals surface area contributed by atoms with Crippen molar-refractivity contribution in [3.8, 4) is 0 Å². The first kappa shape index (κ1) is 7.21. The third-order valence-electron chi connectivity index (χ3n) is 1.68. The average Bonchev–Trinajstić information content (AvgIpc) is 2.49. The predicted octanol–water partition coefficient (Wildman–Crippen LogP) is 2.27. The third-order valence-corrected chi connectivity index (χ3v) is 1.68. The summed E-state index contributed by atoms with van der Waals surface area (Å²) < 4.78 is 26.0. The minimum atomic E-state index is -2.46. The highest BCUT2D eigenvalue weighted by Crippen LogP contribution is 2.18. The molecule has 62 valence electrons. The Morgan fingerprint density at radius 2 is 2.17 bits per heavy atom. The second-order valence-electron chi connectivity index (χ2n) is 2.41. The molecule has 0 saturated carbocycles. The molecule has 2 nitrogen and oxygen atoms in total. The van der Waals surface area contributed by atoms with E-state index in [1.165, 1.54) is 22.9 Å². The quantitative estimate of drug-likeness (QED) is 0.638. The van der Waals surface area contributed by atoms with Crippen LogP contribution in [0.3, 0.4) is 0 Å². The summed E-state index contributed by atoms with van der Waals surface area (Å²) in [6, 6.07) is 4.65. The summed E-state index contributed by atoms with van der Waals surface area (Å²) in [5.74, 6) is 0. The Morgan fingerprint density at radius 3 is 2.92 bits per heavy atom. The van der Waals surface area contributed by atoms with Gasteiger partial charge in [-0.05, 0) is 12.1 Å². The van der Waals surface area contributed by atoms with Crippen LogP contribution in [0.1, 0.15) is 12.1 Å². The molecule has 0 radical (unpaired) electrons. The molecule has 0 fully saturated rings. The number of alkyl halides is 2. The first-order chi connectivity index (χ1) is 5.79. The highest BCUT2D eigenvalue weighted by Gasteiger charge is 2.09. The van der Waals surface area contributed by atoms with Crippen molar-refractivity contribution in [1.82, 2.24) is 9.38 Å². The highest BCUT2D eigenvalue weighted by atomic mass is 19.3. The van der Waals surface area contributed by atoms with Crippen molar-refractivity contribution < 1.29 is 8.78 Å². The molecule has 0 N–H and O–H groups in total. The Balaban J connectivity index is 2.73. The highest BCUT2D eigenvalue weighted by molar-refractivity contribution is 5.39. The van der Waals surface area contributed by atoms with Crippen molar-refractivity contribution in [2.24, 2.45) is 0 Å². The first-order valence-corrected chi connectivity index (χ1v) is 3.49. The van der Waals surface area contributed by atoms with Crippen LogP contribution >= 0.6 is 0 Å². The lowest BCUT2D eigenvalue weighted by Gasteiger charge is -2.02. The largest absolute Gasteiger partial charge is 0.298 e. The van der Waals surface area contributed by atoms with Crippen LogP contribution in [0.2, 0.25) is 0 Å².